The van der Waals surface area contributed by atoms with E-state index in [-0.39, 0.29) is 6.61 Å². The van der Waals surface area contributed by atoms with Gasteiger partial charge in [-0.1, -0.05) is 35.3 Å². The molecule has 0 spiro atoms. The summed E-state index contributed by atoms with van der Waals surface area (Å²) in [5.74, 6) is -0.0465. The number of rotatable bonds is 6. The molecule has 0 heterocycles. The number of ether oxygens (including phenoxy) is 1. The quantitative estimate of drug-likeness (QED) is 0.628. The number of amides is 1. The van der Waals surface area contributed by atoms with E-state index in [1.165, 1.54) is 0 Å². The molecule has 2 rings (SSSR count). The summed E-state index contributed by atoms with van der Waals surface area (Å²) in [5.41, 5.74) is 4.35. The number of carbonyl (C=O) groups excluding carboxylic acids is 1. The Kier molecular flexibility index (Phi) is 6.46. The highest BCUT2D eigenvalue weighted by molar-refractivity contribution is 6.34. The van der Waals surface area contributed by atoms with Gasteiger partial charge in [-0.3, -0.25) is 4.79 Å². The van der Waals surface area contributed by atoms with E-state index in [0.717, 1.165) is 11.3 Å². The maximum absolute atomic E-state index is 11.7. The van der Waals surface area contributed by atoms with Gasteiger partial charge in [0.05, 0.1) is 11.2 Å². The molecule has 1 amide bonds. The Bertz CT molecular complexity index is 731. The van der Waals surface area contributed by atoms with Crippen LogP contribution in [0.1, 0.15) is 5.56 Å². The van der Waals surface area contributed by atoms with Crippen molar-refractivity contribution in [3.8, 4) is 5.75 Å². The van der Waals surface area contributed by atoms with Crippen LogP contribution in [0.15, 0.2) is 47.6 Å². The summed E-state index contributed by atoms with van der Waals surface area (Å²) in [6.45, 7) is -0.211. The predicted molar refractivity (Wildman–Crippen MR) is 98.5 cm³/mol. The van der Waals surface area contributed by atoms with Crippen LogP contribution in [0.25, 0.3) is 0 Å². The highest BCUT2D eigenvalue weighted by Crippen LogP contribution is 2.27. The summed E-state index contributed by atoms with van der Waals surface area (Å²) < 4.78 is 5.32. The van der Waals surface area contributed by atoms with Gasteiger partial charge in [0.2, 0.25) is 0 Å². The van der Waals surface area contributed by atoms with E-state index < -0.39 is 5.91 Å². The third-order valence-corrected chi connectivity index (χ3v) is 3.61. The van der Waals surface area contributed by atoms with Crippen LogP contribution in [-0.2, 0) is 4.79 Å². The van der Waals surface area contributed by atoms with Crippen LogP contribution in [0.2, 0.25) is 10.0 Å². The predicted octanol–water partition coefficient (Wildman–Crippen LogP) is 3.59. The summed E-state index contributed by atoms with van der Waals surface area (Å²) in [7, 11) is 3.94. The van der Waals surface area contributed by atoms with E-state index in [0.29, 0.717) is 15.8 Å². The van der Waals surface area contributed by atoms with Crippen molar-refractivity contribution in [2.24, 2.45) is 5.10 Å². The Balaban J connectivity index is 1.83. The molecule has 0 fully saturated rings. The first-order valence-corrected chi connectivity index (χ1v) is 7.88. The molecular formula is C17H17Cl2N3O2. The molecule has 1 N–H and O–H groups in total. The first-order valence-electron chi connectivity index (χ1n) is 7.13. The zero-order valence-corrected chi connectivity index (χ0v) is 14.8. The Morgan fingerprint density at radius 1 is 1.21 bits per heavy atom. The van der Waals surface area contributed by atoms with E-state index in [2.05, 4.69) is 10.5 Å². The largest absolute Gasteiger partial charge is 0.482 e. The Labute approximate surface area is 150 Å². The molecule has 0 atom stereocenters. The van der Waals surface area contributed by atoms with Crippen LogP contribution in [0, 0.1) is 0 Å². The molecule has 5 nitrogen and oxygen atoms in total. The van der Waals surface area contributed by atoms with Crippen LogP contribution < -0.4 is 15.1 Å². The minimum absolute atomic E-state index is 0.211. The Morgan fingerprint density at radius 3 is 2.58 bits per heavy atom. The molecule has 24 heavy (non-hydrogen) atoms. The normalized spacial score (nSPS) is 10.7. The van der Waals surface area contributed by atoms with Gasteiger partial charge in [-0.25, -0.2) is 5.43 Å². The number of hydrogen-bond acceptors (Lipinski definition) is 4. The Hall–Kier alpha value is -2.24. The summed E-state index contributed by atoms with van der Waals surface area (Å²) in [6.07, 6.45) is 1.56. The molecule has 2 aromatic rings. The minimum Gasteiger partial charge on any atom is -0.482 e. The molecule has 7 heteroatoms. The van der Waals surface area contributed by atoms with Gasteiger partial charge < -0.3 is 9.64 Å². The maximum Gasteiger partial charge on any atom is 0.277 e. The second-order valence-electron chi connectivity index (χ2n) is 5.14. The van der Waals surface area contributed by atoms with E-state index in [4.69, 9.17) is 27.9 Å². The summed E-state index contributed by atoms with van der Waals surface area (Å²) in [6, 6.07) is 12.5. The molecule has 0 aliphatic carbocycles. The van der Waals surface area contributed by atoms with Gasteiger partial charge in [-0.15, -0.1) is 0 Å². The van der Waals surface area contributed by atoms with Crippen molar-refractivity contribution in [1.29, 1.82) is 0 Å². The van der Waals surface area contributed by atoms with Crippen LogP contribution >= 0.6 is 23.2 Å². The molecule has 0 aromatic heterocycles. The first kappa shape index (κ1) is 18.1. The van der Waals surface area contributed by atoms with Crippen molar-refractivity contribution in [2.45, 2.75) is 0 Å². The first-order chi connectivity index (χ1) is 11.5. The number of carbonyl (C=O) groups is 1. The SMILES string of the molecule is CN(C)c1ccc(/C=N\NC(=O)COc2cc(Cl)ccc2Cl)cc1. The van der Waals surface area contributed by atoms with Gasteiger partial charge >= 0.3 is 0 Å². The monoisotopic (exact) mass is 365 g/mol. The van der Waals surface area contributed by atoms with E-state index in [9.17, 15) is 4.79 Å². The number of halogens is 2. The van der Waals surface area contributed by atoms with E-state index in [1.807, 2.05) is 43.3 Å². The van der Waals surface area contributed by atoms with Crippen LogP contribution in [0.5, 0.6) is 5.75 Å². The molecule has 126 valence electrons. The molecule has 2 aromatic carbocycles. The molecule has 0 radical (unpaired) electrons. The smallest absolute Gasteiger partial charge is 0.277 e. The van der Waals surface area contributed by atoms with Crippen LogP contribution in [0.3, 0.4) is 0 Å². The molecule has 0 saturated heterocycles. The Morgan fingerprint density at radius 2 is 1.92 bits per heavy atom. The highest BCUT2D eigenvalue weighted by atomic mass is 35.5. The van der Waals surface area contributed by atoms with Crippen molar-refractivity contribution in [3.63, 3.8) is 0 Å². The summed E-state index contributed by atoms with van der Waals surface area (Å²) >= 11 is 11.8. The second-order valence-corrected chi connectivity index (χ2v) is 5.99. The number of benzene rings is 2. The lowest BCUT2D eigenvalue weighted by atomic mass is 10.2. The zero-order chi connectivity index (χ0) is 17.5. The third kappa shape index (κ3) is 5.44. The molecule has 0 saturated carbocycles. The van der Waals surface area contributed by atoms with E-state index >= 15 is 0 Å². The third-order valence-electron chi connectivity index (χ3n) is 3.06. The van der Waals surface area contributed by atoms with Gasteiger partial charge in [-0.05, 0) is 29.8 Å². The number of anilines is 1. The van der Waals surface area contributed by atoms with Gasteiger partial charge in [0.1, 0.15) is 5.75 Å². The fraction of sp³-hybridized carbons (Fsp3) is 0.176. The lowest BCUT2D eigenvalue weighted by molar-refractivity contribution is -0.123. The van der Waals surface area contributed by atoms with Gasteiger partial charge in [-0.2, -0.15) is 5.10 Å². The standard InChI is InChI=1S/C17H17Cl2N3O2/c1-22(2)14-6-3-12(4-7-14)10-20-21-17(23)11-24-16-9-13(18)5-8-15(16)19/h3-10H,11H2,1-2H3,(H,21,23)/b20-10-. The van der Waals surface area contributed by atoms with Crippen molar-refractivity contribution in [3.05, 3.63) is 58.1 Å². The lowest BCUT2D eigenvalue weighted by Crippen LogP contribution is -2.24. The van der Waals surface area contributed by atoms with Crippen LogP contribution in [-0.4, -0.2) is 32.8 Å². The summed E-state index contributed by atoms with van der Waals surface area (Å²) in [4.78, 5) is 13.7. The molecule has 0 bridgehead atoms. The average molecular weight is 366 g/mol. The fourth-order valence-electron chi connectivity index (χ4n) is 1.80. The molecule has 0 aliphatic rings. The fourth-order valence-corrected chi connectivity index (χ4v) is 2.13. The lowest BCUT2D eigenvalue weighted by Gasteiger charge is -2.11. The van der Waals surface area contributed by atoms with Crippen molar-refractivity contribution in [1.82, 2.24) is 5.43 Å². The average Bonchev–Trinajstić information content (AvgIpc) is 2.56. The zero-order valence-electron chi connectivity index (χ0n) is 13.3. The van der Waals surface area contributed by atoms with Gasteiger partial charge in [0.15, 0.2) is 6.61 Å². The van der Waals surface area contributed by atoms with Crippen molar-refractivity contribution in [2.75, 3.05) is 25.6 Å². The molecule has 0 unspecified atom stereocenters. The van der Waals surface area contributed by atoms with Crippen LogP contribution in [0.4, 0.5) is 5.69 Å². The molecular weight excluding hydrogens is 349 g/mol. The maximum atomic E-state index is 11.7. The van der Waals surface area contributed by atoms with Crippen molar-refractivity contribution < 1.29 is 9.53 Å². The number of hydrazone groups is 1. The van der Waals surface area contributed by atoms with E-state index in [1.54, 1.807) is 24.4 Å². The summed E-state index contributed by atoms with van der Waals surface area (Å²) in [5, 5.41) is 4.76. The van der Waals surface area contributed by atoms with Crippen molar-refractivity contribution >= 4 is 41.0 Å². The number of nitrogens with zero attached hydrogens (tertiary/aromatic N) is 2. The van der Waals surface area contributed by atoms with Gasteiger partial charge in [0, 0.05) is 30.9 Å². The number of nitrogens with one attached hydrogen (secondary N) is 1. The minimum atomic E-state index is -0.396. The highest BCUT2D eigenvalue weighted by Gasteiger charge is 2.06. The number of hydrogen-bond donors (Lipinski definition) is 1. The second kappa shape index (κ2) is 8.57. The van der Waals surface area contributed by atoms with Gasteiger partial charge in [0.25, 0.3) is 5.91 Å². The molecule has 0 aliphatic heterocycles. The topological polar surface area (TPSA) is 53.9 Å².